The summed E-state index contributed by atoms with van der Waals surface area (Å²) in [5.74, 6) is 1.39. The molecule has 0 aliphatic carbocycles. The molecule has 1 amide bonds. The van der Waals surface area contributed by atoms with Gasteiger partial charge >= 0.3 is 0 Å². The van der Waals surface area contributed by atoms with E-state index in [1.165, 1.54) is 11.7 Å². The third kappa shape index (κ3) is 2.79. The van der Waals surface area contributed by atoms with E-state index in [9.17, 15) is 4.79 Å². The standard InChI is InChI=1S/C12H15N5O2S/c1-8-6-10(15-19-8)12(18)14-9-2-4-17(5-3-9)11-7-13-20-16-11/h6-7,9H,2-5H2,1H3,(H,14,18). The first-order valence-corrected chi connectivity index (χ1v) is 7.22. The second-order valence-corrected chi connectivity index (χ2v) is 5.38. The molecule has 3 rings (SSSR count). The molecule has 1 fully saturated rings. The van der Waals surface area contributed by atoms with Crippen LogP contribution in [0.4, 0.5) is 5.82 Å². The highest BCUT2D eigenvalue weighted by atomic mass is 32.1. The summed E-state index contributed by atoms with van der Waals surface area (Å²) in [4.78, 5) is 14.2. The first-order valence-electron chi connectivity index (χ1n) is 6.49. The minimum atomic E-state index is -0.171. The predicted molar refractivity (Wildman–Crippen MR) is 73.9 cm³/mol. The molecule has 1 N–H and O–H groups in total. The molecule has 2 aromatic rings. The maximum absolute atomic E-state index is 12.0. The number of piperidine rings is 1. The van der Waals surface area contributed by atoms with Gasteiger partial charge in [0, 0.05) is 25.2 Å². The van der Waals surface area contributed by atoms with Crippen LogP contribution in [-0.2, 0) is 0 Å². The molecule has 20 heavy (non-hydrogen) atoms. The lowest BCUT2D eigenvalue weighted by atomic mass is 10.0. The number of carbonyl (C=O) groups is 1. The van der Waals surface area contributed by atoms with Crippen LogP contribution in [0.15, 0.2) is 16.8 Å². The normalized spacial score (nSPS) is 16.4. The van der Waals surface area contributed by atoms with Gasteiger partial charge in [0.15, 0.2) is 11.5 Å². The summed E-state index contributed by atoms with van der Waals surface area (Å²) in [7, 11) is 0. The fourth-order valence-electron chi connectivity index (χ4n) is 2.28. The highest BCUT2D eigenvalue weighted by molar-refractivity contribution is 6.99. The number of amides is 1. The molecule has 1 aliphatic heterocycles. The van der Waals surface area contributed by atoms with Crippen molar-refractivity contribution in [3.05, 3.63) is 23.7 Å². The fraction of sp³-hybridized carbons (Fsp3) is 0.500. The Labute approximate surface area is 120 Å². The van der Waals surface area contributed by atoms with E-state index in [2.05, 4.69) is 24.1 Å². The molecule has 8 heteroatoms. The van der Waals surface area contributed by atoms with E-state index in [1.807, 2.05) is 0 Å². The van der Waals surface area contributed by atoms with Crippen LogP contribution in [0.3, 0.4) is 0 Å². The van der Waals surface area contributed by atoms with Gasteiger partial charge in [-0.05, 0) is 19.8 Å². The number of hydrogen-bond donors (Lipinski definition) is 1. The maximum Gasteiger partial charge on any atom is 0.273 e. The first-order chi connectivity index (χ1) is 9.72. The summed E-state index contributed by atoms with van der Waals surface area (Å²) in [6, 6.07) is 1.81. The maximum atomic E-state index is 12.0. The van der Waals surface area contributed by atoms with Crippen molar-refractivity contribution >= 4 is 23.5 Å². The van der Waals surface area contributed by atoms with Gasteiger partial charge in [-0.25, -0.2) is 0 Å². The summed E-state index contributed by atoms with van der Waals surface area (Å²) in [6.45, 7) is 3.51. The fourth-order valence-corrected chi connectivity index (χ4v) is 2.72. The van der Waals surface area contributed by atoms with Gasteiger partial charge in [-0.15, -0.1) is 0 Å². The molecule has 0 atom stereocenters. The second-order valence-electron chi connectivity index (χ2n) is 4.82. The Balaban J connectivity index is 1.52. The van der Waals surface area contributed by atoms with Crippen LogP contribution in [0.2, 0.25) is 0 Å². The van der Waals surface area contributed by atoms with Crippen LogP contribution < -0.4 is 10.2 Å². The van der Waals surface area contributed by atoms with Crippen LogP contribution in [0.1, 0.15) is 29.1 Å². The minimum absolute atomic E-state index is 0.169. The smallest absolute Gasteiger partial charge is 0.273 e. The second kappa shape index (κ2) is 5.58. The van der Waals surface area contributed by atoms with Crippen LogP contribution >= 0.6 is 11.7 Å². The average Bonchev–Trinajstić information content (AvgIpc) is 3.10. The van der Waals surface area contributed by atoms with Crippen molar-refractivity contribution in [3.63, 3.8) is 0 Å². The Morgan fingerprint density at radius 3 is 2.90 bits per heavy atom. The molecule has 7 nitrogen and oxygen atoms in total. The van der Waals surface area contributed by atoms with E-state index in [0.29, 0.717) is 11.5 Å². The Morgan fingerprint density at radius 1 is 1.50 bits per heavy atom. The van der Waals surface area contributed by atoms with Crippen molar-refractivity contribution in [2.45, 2.75) is 25.8 Å². The van der Waals surface area contributed by atoms with Crippen LogP contribution in [0.25, 0.3) is 0 Å². The largest absolute Gasteiger partial charge is 0.361 e. The molecule has 3 heterocycles. The Hall–Kier alpha value is -1.96. The lowest BCUT2D eigenvalue weighted by molar-refractivity contribution is 0.0922. The lowest BCUT2D eigenvalue weighted by Crippen LogP contribution is -2.44. The lowest BCUT2D eigenvalue weighted by Gasteiger charge is -2.31. The van der Waals surface area contributed by atoms with E-state index < -0.39 is 0 Å². The van der Waals surface area contributed by atoms with Crippen molar-refractivity contribution in [1.29, 1.82) is 0 Å². The highest BCUT2D eigenvalue weighted by Gasteiger charge is 2.23. The van der Waals surface area contributed by atoms with E-state index >= 15 is 0 Å². The van der Waals surface area contributed by atoms with Gasteiger partial charge in [0.25, 0.3) is 5.91 Å². The van der Waals surface area contributed by atoms with Gasteiger partial charge in [0.05, 0.1) is 17.9 Å². The van der Waals surface area contributed by atoms with Crippen molar-refractivity contribution < 1.29 is 9.32 Å². The molecule has 0 bridgehead atoms. The number of hydrogen-bond acceptors (Lipinski definition) is 7. The summed E-state index contributed by atoms with van der Waals surface area (Å²) in [6.07, 6.45) is 3.56. The third-order valence-electron chi connectivity index (χ3n) is 3.36. The summed E-state index contributed by atoms with van der Waals surface area (Å²) in [5.41, 5.74) is 0.341. The molecular weight excluding hydrogens is 278 g/mol. The molecule has 0 saturated carbocycles. The summed E-state index contributed by atoms with van der Waals surface area (Å²) in [5, 5.41) is 6.72. The van der Waals surface area contributed by atoms with Gasteiger partial charge in [-0.2, -0.15) is 8.75 Å². The topological polar surface area (TPSA) is 84.2 Å². The first kappa shape index (κ1) is 13.0. The Morgan fingerprint density at radius 2 is 2.30 bits per heavy atom. The van der Waals surface area contributed by atoms with Crippen molar-refractivity contribution in [1.82, 2.24) is 19.2 Å². The molecule has 2 aromatic heterocycles. The number of rotatable bonds is 3. The molecule has 0 radical (unpaired) electrons. The molecule has 1 aliphatic rings. The monoisotopic (exact) mass is 293 g/mol. The van der Waals surface area contributed by atoms with Crippen molar-refractivity contribution in [3.8, 4) is 0 Å². The number of nitrogens with one attached hydrogen (secondary N) is 1. The number of anilines is 1. The molecule has 1 saturated heterocycles. The van der Waals surface area contributed by atoms with Crippen LogP contribution in [0.5, 0.6) is 0 Å². The van der Waals surface area contributed by atoms with Crippen molar-refractivity contribution in [2.75, 3.05) is 18.0 Å². The highest BCUT2D eigenvalue weighted by Crippen LogP contribution is 2.18. The molecule has 0 spiro atoms. The predicted octanol–water partition coefficient (Wildman–Crippen LogP) is 1.23. The van der Waals surface area contributed by atoms with E-state index in [1.54, 1.807) is 19.2 Å². The van der Waals surface area contributed by atoms with E-state index in [4.69, 9.17) is 4.52 Å². The number of nitrogens with zero attached hydrogens (tertiary/aromatic N) is 4. The molecule has 0 unspecified atom stereocenters. The number of aromatic nitrogens is 3. The van der Waals surface area contributed by atoms with Crippen LogP contribution in [0, 0.1) is 6.92 Å². The Bertz CT molecular complexity index is 574. The Kier molecular flexibility index (Phi) is 3.64. The van der Waals surface area contributed by atoms with E-state index in [-0.39, 0.29) is 11.9 Å². The van der Waals surface area contributed by atoms with Gasteiger partial charge in [-0.3, -0.25) is 4.79 Å². The summed E-state index contributed by atoms with van der Waals surface area (Å²) >= 11 is 1.21. The zero-order valence-electron chi connectivity index (χ0n) is 11.1. The van der Waals surface area contributed by atoms with Gasteiger partial charge < -0.3 is 14.7 Å². The quantitative estimate of drug-likeness (QED) is 0.916. The molecule has 0 aromatic carbocycles. The van der Waals surface area contributed by atoms with E-state index in [0.717, 1.165) is 31.7 Å². The zero-order chi connectivity index (χ0) is 13.9. The van der Waals surface area contributed by atoms with Gasteiger partial charge in [-0.1, -0.05) is 5.16 Å². The minimum Gasteiger partial charge on any atom is -0.361 e. The van der Waals surface area contributed by atoms with Gasteiger partial charge in [0.1, 0.15) is 5.76 Å². The zero-order valence-corrected chi connectivity index (χ0v) is 11.9. The molecule has 106 valence electrons. The number of carbonyl (C=O) groups excluding carboxylic acids is 1. The average molecular weight is 293 g/mol. The number of aryl methyl sites for hydroxylation is 1. The summed E-state index contributed by atoms with van der Waals surface area (Å²) < 4.78 is 13.1. The molecular formula is C12H15N5O2S. The van der Waals surface area contributed by atoms with Crippen molar-refractivity contribution in [2.24, 2.45) is 0 Å². The third-order valence-corrected chi connectivity index (χ3v) is 3.83. The SMILES string of the molecule is Cc1cc(C(=O)NC2CCN(c3cnsn3)CC2)no1. The van der Waals surface area contributed by atoms with Gasteiger partial charge in [0.2, 0.25) is 0 Å². The van der Waals surface area contributed by atoms with Crippen LogP contribution in [-0.4, -0.2) is 38.9 Å².